The first kappa shape index (κ1) is 9.04. The molecule has 2 atom stereocenters. The fraction of sp³-hybridized carbons (Fsp3) is 0.500. The van der Waals surface area contributed by atoms with Gasteiger partial charge in [-0.3, -0.25) is 0 Å². The highest BCUT2D eigenvalue weighted by atomic mass is 16.3. The van der Waals surface area contributed by atoms with Crippen molar-refractivity contribution in [1.29, 1.82) is 0 Å². The van der Waals surface area contributed by atoms with Gasteiger partial charge in [-0.25, -0.2) is 0 Å². The lowest BCUT2D eigenvalue weighted by Crippen LogP contribution is -2.61. The lowest BCUT2D eigenvalue weighted by atomic mass is 9.85. The Hall–Kier alpha value is -1.22. The standard InChI is InChI=1S/C12H16N2O/c15-11-3-1-10(2-4-11)14-6-5-12-9(8-14)7-13-12/h1-4,9,12-13,15H,5-8H2. The first-order valence-corrected chi connectivity index (χ1v) is 5.60. The average molecular weight is 204 g/mol. The Morgan fingerprint density at radius 2 is 2.07 bits per heavy atom. The van der Waals surface area contributed by atoms with Crippen molar-refractivity contribution in [2.75, 3.05) is 24.5 Å². The maximum absolute atomic E-state index is 9.23. The zero-order valence-electron chi connectivity index (χ0n) is 8.69. The van der Waals surface area contributed by atoms with E-state index in [1.807, 2.05) is 12.1 Å². The Balaban J connectivity index is 1.74. The second kappa shape index (κ2) is 3.42. The summed E-state index contributed by atoms with van der Waals surface area (Å²) in [7, 11) is 0. The summed E-state index contributed by atoms with van der Waals surface area (Å²) >= 11 is 0. The van der Waals surface area contributed by atoms with E-state index in [2.05, 4.69) is 10.2 Å². The van der Waals surface area contributed by atoms with Gasteiger partial charge in [-0.05, 0) is 30.7 Å². The fourth-order valence-electron chi connectivity index (χ4n) is 2.55. The molecule has 3 rings (SSSR count). The molecule has 2 saturated heterocycles. The molecule has 0 bridgehead atoms. The van der Waals surface area contributed by atoms with Gasteiger partial charge >= 0.3 is 0 Å². The normalized spacial score (nSPS) is 29.5. The first-order valence-electron chi connectivity index (χ1n) is 5.60. The average Bonchev–Trinajstić information content (AvgIpc) is 2.22. The van der Waals surface area contributed by atoms with Gasteiger partial charge in [0.15, 0.2) is 0 Å². The number of nitrogens with zero attached hydrogens (tertiary/aromatic N) is 1. The predicted octanol–water partition coefficient (Wildman–Crippen LogP) is 1.19. The van der Waals surface area contributed by atoms with Gasteiger partial charge in [-0.15, -0.1) is 0 Å². The van der Waals surface area contributed by atoms with Crippen molar-refractivity contribution in [2.24, 2.45) is 5.92 Å². The third-order valence-corrected chi connectivity index (χ3v) is 3.59. The van der Waals surface area contributed by atoms with Crippen LogP contribution < -0.4 is 10.2 Å². The van der Waals surface area contributed by atoms with Gasteiger partial charge in [0.25, 0.3) is 0 Å². The molecule has 0 spiro atoms. The number of phenolic OH excluding ortho intramolecular Hbond substituents is 1. The monoisotopic (exact) mass is 204 g/mol. The van der Waals surface area contributed by atoms with E-state index >= 15 is 0 Å². The molecule has 2 fully saturated rings. The van der Waals surface area contributed by atoms with Crippen molar-refractivity contribution in [2.45, 2.75) is 12.5 Å². The Morgan fingerprint density at radius 1 is 1.27 bits per heavy atom. The summed E-state index contributed by atoms with van der Waals surface area (Å²) in [5.74, 6) is 1.17. The number of aromatic hydroxyl groups is 1. The van der Waals surface area contributed by atoms with Crippen LogP contribution in [0.3, 0.4) is 0 Å². The van der Waals surface area contributed by atoms with Crippen LogP contribution in [0.4, 0.5) is 5.69 Å². The Labute approximate surface area is 89.7 Å². The van der Waals surface area contributed by atoms with Crippen LogP contribution in [-0.2, 0) is 0 Å². The van der Waals surface area contributed by atoms with Crippen LogP contribution in [0, 0.1) is 5.92 Å². The molecule has 2 aliphatic heterocycles. The third-order valence-electron chi connectivity index (χ3n) is 3.59. The zero-order valence-corrected chi connectivity index (χ0v) is 8.69. The van der Waals surface area contributed by atoms with Crippen molar-refractivity contribution in [3.63, 3.8) is 0 Å². The van der Waals surface area contributed by atoms with Gasteiger partial charge in [0.2, 0.25) is 0 Å². The third kappa shape index (κ3) is 1.57. The summed E-state index contributed by atoms with van der Waals surface area (Å²) in [5, 5.41) is 12.7. The number of anilines is 1. The lowest BCUT2D eigenvalue weighted by Gasteiger charge is -2.47. The molecule has 80 valence electrons. The first-order chi connectivity index (χ1) is 7.33. The number of hydrogen-bond acceptors (Lipinski definition) is 3. The molecule has 3 heteroatoms. The molecule has 3 nitrogen and oxygen atoms in total. The van der Waals surface area contributed by atoms with Gasteiger partial charge in [-0.1, -0.05) is 0 Å². The molecule has 2 aliphatic rings. The van der Waals surface area contributed by atoms with Crippen LogP contribution in [-0.4, -0.2) is 30.8 Å². The largest absolute Gasteiger partial charge is 0.508 e. The van der Waals surface area contributed by atoms with Crippen molar-refractivity contribution >= 4 is 5.69 Å². The van der Waals surface area contributed by atoms with E-state index in [1.54, 1.807) is 12.1 Å². The number of rotatable bonds is 1. The van der Waals surface area contributed by atoms with Crippen molar-refractivity contribution in [3.05, 3.63) is 24.3 Å². The molecule has 0 amide bonds. The molecular formula is C12H16N2O. The van der Waals surface area contributed by atoms with Crippen molar-refractivity contribution in [1.82, 2.24) is 5.32 Å². The maximum atomic E-state index is 9.23. The van der Waals surface area contributed by atoms with Crippen LogP contribution in [0.2, 0.25) is 0 Å². The van der Waals surface area contributed by atoms with Crippen LogP contribution in [0.5, 0.6) is 5.75 Å². The highest BCUT2D eigenvalue weighted by molar-refractivity contribution is 5.49. The second-order valence-electron chi connectivity index (χ2n) is 4.53. The molecule has 0 radical (unpaired) electrons. The van der Waals surface area contributed by atoms with Gasteiger partial charge < -0.3 is 15.3 Å². The van der Waals surface area contributed by atoms with E-state index in [4.69, 9.17) is 0 Å². The van der Waals surface area contributed by atoms with Crippen LogP contribution >= 0.6 is 0 Å². The maximum Gasteiger partial charge on any atom is 0.115 e. The van der Waals surface area contributed by atoms with Gasteiger partial charge in [0.1, 0.15) is 5.75 Å². The number of hydrogen-bond donors (Lipinski definition) is 2. The predicted molar refractivity (Wildman–Crippen MR) is 60.2 cm³/mol. The molecule has 0 saturated carbocycles. The van der Waals surface area contributed by atoms with Crippen molar-refractivity contribution < 1.29 is 5.11 Å². The van der Waals surface area contributed by atoms with Crippen molar-refractivity contribution in [3.8, 4) is 5.75 Å². The summed E-state index contributed by atoms with van der Waals surface area (Å²) in [4.78, 5) is 2.42. The smallest absolute Gasteiger partial charge is 0.115 e. The summed E-state index contributed by atoms with van der Waals surface area (Å²) in [6.45, 7) is 3.45. The molecule has 15 heavy (non-hydrogen) atoms. The minimum absolute atomic E-state index is 0.346. The fourth-order valence-corrected chi connectivity index (χ4v) is 2.55. The van der Waals surface area contributed by atoms with E-state index in [0.717, 1.165) is 25.0 Å². The zero-order chi connectivity index (χ0) is 10.3. The number of fused-ring (bicyclic) bond motifs is 1. The number of phenols is 1. The number of piperidine rings is 1. The lowest BCUT2D eigenvalue weighted by molar-refractivity contribution is 0.198. The van der Waals surface area contributed by atoms with Crippen LogP contribution in [0.25, 0.3) is 0 Å². The van der Waals surface area contributed by atoms with Crippen LogP contribution in [0.1, 0.15) is 6.42 Å². The summed E-state index contributed by atoms with van der Waals surface area (Å²) in [5.41, 5.74) is 1.23. The molecular weight excluding hydrogens is 188 g/mol. The van der Waals surface area contributed by atoms with E-state index in [-0.39, 0.29) is 0 Å². The topological polar surface area (TPSA) is 35.5 Å². The summed E-state index contributed by atoms with van der Waals surface area (Å²) < 4.78 is 0. The number of nitrogens with one attached hydrogen (secondary N) is 1. The molecule has 0 aromatic heterocycles. The SMILES string of the molecule is Oc1ccc(N2CCC3NCC3C2)cc1. The molecule has 1 aromatic rings. The van der Waals surface area contributed by atoms with Gasteiger partial charge in [0, 0.05) is 37.3 Å². The minimum atomic E-state index is 0.346. The molecule has 2 heterocycles. The van der Waals surface area contributed by atoms with E-state index in [9.17, 15) is 5.11 Å². The summed E-state index contributed by atoms with van der Waals surface area (Å²) in [6.07, 6.45) is 1.24. The molecule has 0 aliphatic carbocycles. The molecule has 2 unspecified atom stereocenters. The van der Waals surface area contributed by atoms with E-state index in [1.165, 1.54) is 18.7 Å². The highest BCUT2D eigenvalue weighted by Gasteiger charge is 2.35. The van der Waals surface area contributed by atoms with E-state index < -0.39 is 0 Å². The number of benzene rings is 1. The highest BCUT2D eigenvalue weighted by Crippen LogP contribution is 2.28. The van der Waals surface area contributed by atoms with Gasteiger partial charge in [-0.2, -0.15) is 0 Å². The Bertz CT molecular complexity index is 349. The van der Waals surface area contributed by atoms with Crippen LogP contribution in [0.15, 0.2) is 24.3 Å². The quantitative estimate of drug-likeness (QED) is 0.721. The molecule has 2 N–H and O–H groups in total. The summed E-state index contributed by atoms with van der Waals surface area (Å²) in [6, 6.07) is 8.29. The Morgan fingerprint density at radius 3 is 2.67 bits per heavy atom. The molecule has 1 aromatic carbocycles. The van der Waals surface area contributed by atoms with Gasteiger partial charge in [0.05, 0.1) is 0 Å². The Kier molecular flexibility index (Phi) is 2.06. The van der Waals surface area contributed by atoms with E-state index in [0.29, 0.717) is 5.75 Å². The second-order valence-corrected chi connectivity index (χ2v) is 4.53. The minimum Gasteiger partial charge on any atom is -0.508 e.